The molecule has 0 aliphatic heterocycles. The number of hydrogen-bond donors (Lipinski definition) is 0. The van der Waals surface area contributed by atoms with Crippen molar-refractivity contribution in [1.29, 1.82) is 0 Å². The molecule has 22 heavy (non-hydrogen) atoms. The summed E-state index contributed by atoms with van der Waals surface area (Å²) < 4.78 is 7.03. The second kappa shape index (κ2) is 7.54. The maximum absolute atomic E-state index is 11.4. The van der Waals surface area contributed by atoms with E-state index < -0.39 is 0 Å². The number of esters is 1. The molecule has 0 spiro atoms. The molecule has 0 saturated heterocycles. The van der Waals surface area contributed by atoms with Crippen molar-refractivity contribution in [2.45, 2.75) is 31.7 Å². The lowest BCUT2D eigenvalue weighted by atomic mass is 10.0. The van der Waals surface area contributed by atoms with Crippen LogP contribution in [0.2, 0.25) is 0 Å². The molecule has 0 unspecified atom stereocenters. The lowest BCUT2D eigenvalue weighted by Crippen LogP contribution is -3.00. The lowest BCUT2D eigenvalue weighted by molar-refractivity contribution is -0.721. The summed E-state index contributed by atoms with van der Waals surface area (Å²) >= 11 is 0. The van der Waals surface area contributed by atoms with E-state index in [0.29, 0.717) is 11.6 Å². The molecule has 1 fully saturated rings. The molecule has 1 aromatic carbocycles. The molecule has 1 saturated carbocycles. The molecular formula is C18H20BrNO2. The fourth-order valence-electron chi connectivity index (χ4n) is 2.99. The maximum atomic E-state index is 11.4. The van der Waals surface area contributed by atoms with Gasteiger partial charge in [0, 0.05) is 25.0 Å². The largest absolute Gasteiger partial charge is 1.00 e. The second-order valence-electron chi connectivity index (χ2n) is 5.54. The molecule has 116 valence electrons. The van der Waals surface area contributed by atoms with Gasteiger partial charge >= 0.3 is 5.97 Å². The Bertz CT molecular complexity index is 617. The number of benzene rings is 1. The second-order valence-corrected chi connectivity index (χ2v) is 5.54. The minimum absolute atomic E-state index is 0. The standard InChI is InChI=1S/C18H20NO2.BrH/c1-21-18(20)16-8-6-14(7-9-16)15-10-12-19(13-11-15)17-4-2-3-5-17;/h6-13,17H,2-5H2,1H3;1H/q+1;/p-1. The zero-order chi connectivity index (χ0) is 14.7. The van der Waals surface area contributed by atoms with Crippen LogP contribution >= 0.6 is 0 Å². The number of aromatic nitrogens is 1. The van der Waals surface area contributed by atoms with Gasteiger partial charge in [-0.2, -0.15) is 0 Å². The first-order chi connectivity index (χ1) is 10.3. The Balaban J connectivity index is 0.00000176. The van der Waals surface area contributed by atoms with Gasteiger partial charge in [0.1, 0.15) is 0 Å². The summed E-state index contributed by atoms with van der Waals surface area (Å²) in [5, 5.41) is 0. The third kappa shape index (κ3) is 3.55. The van der Waals surface area contributed by atoms with Crippen LogP contribution in [0, 0.1) is 0 Å². The van der Waals surface area contributed by atoms with Crippen molar-refractivity contribution >= 4 is 5.97 Å². The highest BCUT2D eigenvalue weighted by molar-refractivity contribution is 5.89. The third-order valence-corrected chi connectivity index (χ3v) is 4.24. The smallest absolute Gasteiger partial charge is 0.337 e. The van der Waals surface area contributed by atoms with E-state index in [9.17, 15) is 4.79 Å². The highest BCUT2D eigenvalue weighted by Gasteiger charge is 2.22. The molecular weight excluding hydrogens is 342 g/mol. The fraction of sp³-hybridized carbons (Fsp3) is 0.333. The van der Waals surface area contributed by atoms with Gasteiger partial charge in [-0.1, -0.05) is 12.1 Å². The summed E-state index contributed by atoms with van der Waals surface area (Å²) in [6.07, 6.45) is 9.59. The number of nitrogens with zero attached hydrogens (tertiary/aromatic N) is 1. The van der Waals surface area contributed by atoms with Crippen molar-refractivity contribution < 1.29 is 31.1 Å². The highest BCUT2D eigenvalue weighted by atomic mass is 79.9. The van der Waals surface area contributed by atoms with Crippen molar-refractivity contribution in [3.63, 3.8) is 0 Å². The van der Waals surface area contributed by atoms with Crippen LogP contribution in [0.4, 0.5) is 0 Å². The number of carbonyl (C=O) groups is 1. The summed E-state index contributed by atoms with van der Waals surface area (Å²) in [5.74, 6) is -0.298. The van der Waals surface area contributed by atoms with E-state index in [2.05, 4.69) is 29.1 Å². The van der Waals surface area contributed by atoms with Crippen molar-refractivity contribution in [1.82, 2.24) is 0 Å². The van der Waals surface area contributed by atoms with Crippen molar-refractivity contribution in [2.24, 2.45) is 0 Å². The molecule has 0 bridgehead atoms. The van der Waals surface area contributed by atoms with Crippen LogP contribution in [-0.2, 0) is 4.74 Å². The molecule has 0 N–H and O–H groups in total. The van der Waals surface area contributed by atoms with Gasteiger partial charge in [0.2, 0.25) is 0 Å². The quantitative estimate of drug-likeness (QED) is 0.590. The van der Waals surface area contributed by atoms with Gasteiger partial charge in [-0.25, -0.2) is 9.36 Å². The first-order valence-corrected chi connectivity index (χ1v) is 7.47. The molecule has 0 atom stereocenters. The normalized spacial score (nSPS) is 14.4. The van der Waals surface area contributed by atoms with Gasteiger partial charge in [0.25, 0.3) is 0 Å². The van der Waals surface area contributed by atoms with E-state index in [0.717, 1.165) is 5.56 Å². The van der Waals surface area contributed by atoms with E-state index in [4.69, 9.17) is 4.74 Å². The Hall–Kier alpha value is -1.68. The van der Waals surface area contributed by atoms with Gasteiger partial charge in [-0.15, -0.1) is 0 Å². The zero-order valence-electron chi connectivity index (χ0n) is 12.7. The number of halogens is 1. The average molecular weight is 362 g/mol. The number of carbonyl (C=O) groups excluding carboxylic acids is 1. The predicted molar refractivity (Wildman–Crippen MR) is 80.9 cm³/mol. The van der Waals surface area contributed by atoms with Gasteiger partial charge in [0.05, 0.1) is 12.7 Å². The Morgan fingerprint density at radius 1 is 1.00 bits per heavy atom. The molecule has 1 aliphatic rings. The summed E-state index contributed by atoms with van der Waals surface area (Å²) in [4.78, 5) is 11.4. The van der Waals surface area contributed by atoms with Crippen LogP contribution in [-0.4, -0.2) is 13.1 Å². The number of methoxy groups -OCH3 is 1. The predicted octanol–water partition coefficient (Wildman–Crippen LogP) is 0.547. The average Bonchev–Trinajstić information content (AvgIpc) is 3.09. The fourth-order valence-corrected chi connectivity index (χ4v) is 2.99. The van der Waals surface area contributed by atoms with Crippen LogP contribution < -0.4 is 21.5 Å². The van der Waals surface area contributed by atoms with Gasteiger partial charge in [0.15, 0.2) is 18.4 Å². The SMILES string of the molecule is COC(=O)c1ccc(-c2cc[n+](C3CCCC3)cc2)cc1.[Br-]. The van der Waals surface area contributed by atoms with Crippen molar-refractivity contribution in [3.8, 4) is 11.1 Å². The van der Waals surface area contributed by atoms with Crippen LogP contribution in [0.5, 0.6) is 0 Å². The minimum Gasteiger partial charge on any atom is -1.00 e. The van der Waals surface area contributed by atoms with E-state index in [-0.39, 0.29) is 23.0 Å². The third-order valence-electron chi connectivity index (χ3n) is 4.24. The topological polar surface area (TPSA) is 30.2 Å². The van der Waals surface area contributed by atoms with E-state index in [1.807, 2.05) is 12.1 Å². The van der Waals surface area contributed by atoms with Crippen molar-refractivity contribution in [3.05, 3.63) is 54.4 Å². The summed E-state index contributed by atoms with van der Waals surface area (Å²) in [6, 6.07) is 12.5. The molecule has 1 heterocycles. The number of hydrogen-bond acceptors (Lipinski definition) is 2. The minimum atomic E-state index is -0.298. The number of rotatable bonds is 3. The van der Waals surface area contributed by atoms with Gasteiger partial charge in [-0.05, 0) is 36.1 Å². The first kappa shape index (κ1) is 16.7. The Morgan fingerprint density at radius 3 is 2.09 bits per heavy atom. The van der Waals surface area contributed by atoms with Crippen molar-refractivity contribution in [2.75, 3.05) is 7.11 Å². The monoisotopic (exact) mass is 361 g/mol. The van der Waals surface area contributed by atoms with Crippen LogP contribution in [0.25, 0.3) is 11.1 Å². The first-order valence-electron chi connectivity index (χ1n) is 7.47. The summed E-state index contributed by atoms with van der Waals surface area (Å²) in [6.45, 7) is 0. The molecule has 0 amide bonds. The highest BCUT2D eigenvalue weighted by Crippen LogP contribution is 2.25. The van der Waals surface area contributed by atoms with E-state index in [1.165, 1.54) is 38.4 Å². The lowest BCUT2D eigenvalue weighted by Gasteiger charge is -2.06. The Kier molecular flexibility index (Phi) is 5.72. The number of pyridine rings is 1. The molecule has 3 rings (SSSR count). The molecule has 3 nitrogen and oxygen atoms in total. The zero-order valence-corrected chi connectivity index (χ0v) is 14.3. The van der Waals surface area contributed by atoms with Crippen LogP contribution in [0.3, 0.4) is 0 Å². The molecule has 4 heteroatoms. The Labute approximate surface area is 141 Å². The Morgan fingerprint density at radius 2 is 1.55 bits per heavy atom. The summed E-state index contributed by atoms with van der Waals surface area (Å²) in [5.41, 5.74) is 2.86. The molecule has 2 aromatic rings. The van der Waals surface area contributed by atoms with E-state index in [1.54, 1.807) is 12.1 Å². The van der Waals surface area contributed by atoms with Crippen LogP contribution in [0.15, 0.2) is 48.8 Å². The van der Waals surface area contributed by atoms with E-state index >= 15 is 0 Å². The van der Waals surface area contributed by atoms with Gasteiger partial charge in [-0.3, -0.25) is 0 Å². The molecule has 1 aliphatic carbocycles. The summed E-state index contributed by atoms with van der Waals surface area (Å²) in [7, 11) is 1.40. The number of ether oxygens (including phenoxy) is 1. The maximum Gasteiger partial charge on any atom is 0.337 e. The van der Waals surface area contributed by atoms with Crippen LogP contribution in [0.1, 0.15) is 42.1 Å². The molecule has 0 radical (unpaired) electrons. The van der Waals surface area contributed by atoms with Gasteiger partial charge < -0.3 is 21.7 Å². The molecule has 1 aromatic heterocycles.